The third-order valence-electron chi connectivity index (χ3n) is 3.04. The molecule has 118 valence electrons. The molecule has 0 aliphatic rings. The van der Waals surface area contributed by atoms with Crippen LogP contribution in [0.25, 0.3) is 0 Å². The summed E-state index contributed by atoms with van der Waals surface area (Å²) in [4.78, 5) is 11.9. The summed E-state index contributed by atoms with van der Waals surface area (Å²) in [5, 5.41) is 10.7. The molecule has 0 bridgehead atoms. The predicted molar refractivity (Wildman–Crippen MR) is 81.5 cm³/mol. The maximum absolute atomic E-state index is 11.9. The zero-order valence-corrected chi connectivity index (χ0v) is 13.1. The molecular formula is C16H21N3O3. The van der Waals surface area contributed by atoms with Gasteiger partial charge < -0.3 is 14.5 Å². The van der Waals surface area contributed by atoms with Crippen molar-refractivity contribution in [1.82, 2.24) is 15.5 Å². The van der Waals surface area contributed by atoms with E-state index in [1.54, 1.807) is 0 Å². The number of amides is 1. The largest absolute Gasteiger partial charge is 0.493 e. The molecule has 1 heterocycles. The number of carbonyl (C=O) groups is 1. The van der Waals surface area contributed by atoms with E-state index in [2.05, 4.69) is 15.5 Å². The Bertz CT molecular complexity index is 596. The van der Waals surface area contributed by atoms with Crippen molar-refractivity contribution in [2.24, 2.45) is 0 Å². The van der Waals surface area contributed by atoms with Crippen LogP contribution in [0, 0.1) is 0 Å². The molecule has 0 aliphatic carbocycles. The van der Waals surface area contributed by atoms with Gasteiger partial charge in [0.2, 0.25) is 17.7 Å². The van der Waals surface area contributed by atoms with Crippen LogP contribution in [0.5, 0.6) is 5.75 Å². The summed E-state index contributed by atoms with van der Waals surface area (Å²) in [7, 11) is 0. The molecule has 0 unspecified atom stereocenters. The van der Waals surface area contributed by atoms with Crippen LogP contribution >= 0.6 is 0 Å². The van der Waals surface area contributed by atoms with Crippen molar-refractivity contribution in [2.75, 3.05) is 6.61 Å². The van der Waals surface area contributed by atoms with Gasteiger partial charge in [-0.25, -0.2) is 0 Å². The fourth-order valence-corrected chi connectivity index (χ4v) is 1.81. The first-order chi connectivity index (χ1) is 10.6. The summed E-state index contributed by atoms with van der Waals surface area (Å²) >= 11 is 0. The molecule has 0 spiro atoms. The SMILES string of the molecule is CC(C)c1nnc([C@H](C)NC(=O)CCOc2ccccc2)o1. The second kappa shape index (κ2) is 7.59. The predicted octanol–water partition coefficient (Wildman–Crippen LogP) is 2.84. The Hall–Kier alpha value is -2.37. The molecule has 22 heavy (non-hydrogen) atoms. The Morgan fingerprint density at radius 1 is 1.18 bits per heavy atom. The number of nitrogens with zero attached hydrogens (tertiary/aromatic N) is 2. The highest BCUT2D eigenvalue weighted by molar-refractivity contribution is 5.76. The molecule has 2 rings (SSSR count). The monoisotopic (exact) mass is 303 g/mol. The lowest BCUT2D eigenvalue weighted by atomic mass is 10.2. The smallest absolute Gasteiger partial charge is 0.238 e. The van der Waals surface area contributed by atoms with Crippen molar-refractivity contribution in [2.45, 2.75) is 39.2 Å². The van der Waals surface area contributed by atoms with Crippen molar-refractivity contribution in [1.29, 1.82) is 0 Å². The van der Waals surface area contributed by atoms with Gasteiger partial charge in [0.1, 0.15) is 11.8 Å². The highest BCUT2D eigenvalue weighted by Gasteiger charge is 2.17. The molecule has 1 aromatic heterocycles. The molecule has 6 heteroatoms. The molecular weight excluding hydrogens is 282 g/mol. The molecule has 1 N–H and O–H groups in total. The van der Waals surface area contributed by atoms with Gasteiger partial charge in [-0.15, -0.1) is 10.2 Å². The average molecular weight is 303 g/mol. The molecule has 1 aromatic carbocycles. The van der Waals surface area contributed by atoms with E-state index in [0.29, 0.717) is 18.4 Å². The summed E-state index contributed by atoms with van der Waals surface area (Å²) < 4.78 is 11.0. The summed E-state index contributed by atoms with van der Waals surface area (Å²) in [6.07, 6.45) is 0.268. The first-order valence-electron chi connectivity index (χ1n) is 7.36. The summed E-state index contributed by atoms with van der Waals surface area (Å²) in [6, 6.07) is 9.08. The summed E-state index contributed by atoms with van der Waals surface area (Å²) in [5.74, 6) is 1.79. The second-order valence-electron chi connectivity index (χ2n) is 5.33. The van der Waals surface area contributed by atoms with Crippen LogP contribution in [0.3, 0.4) is 0 Å². The van der Waals surface area contributed by atoms with Crippen LogP contribution in [0.1, 0.15) is 50.9 Å². The lowest BCUT2D eigenvalue weighted by molar-refractivity contribution is -0.122. The first kappa shape index (κ1) is 16.0. The maximum atomic E-state index is 11.9. The normalized spacial score (nSPS) is 12.2. The molecule has 1 amide bonds. The van der Waals surface area contributed by atoms with E-state index >= 15 is 0 Å². The molecule has 0 fully saturated rings. The Labute approximate surface area is 129 Å². The number of ether oxygens (including phenoxy) is 1. The molecule has 1 atom stereocenters. The molecule has 0 saturated carbocycles. The van der Waals surface area contributed by atoms with Crippen LogP contribution in [0.2, 0.25) is 0 Å². The van der Waals surface area contributed by atoms with E-state index in [9.17, 15) is 4.79 Å². The van der Waals surface area contributed by atoms with Gasteiger partial charge in [-0.2, -0.15) is 0 Å². The first-order valence-corrected chi connectivity index (χ1v) is 7.36. The number of carbonyl (C=O) groups excluding carboxylic acids is 1. The van der Waals surface area contributed by atoms with Gasteiger partial charge in [0.15, 0.2) is 0 Å². The minimum Gasteiger partial charge on any atom is -0.493 e. The van der Waals surface area contributed by atoms with Crippen LogP contribution in [-0.4, -0.2) is 22.7 Å². The van der Waals surface area contributed by atoms with Crippen LogP contribution in [0.15, 0.2) is 34.7 Å². The van der Waals surface area contributed by atoms with Gasteiger partial charge in [-0.1, -0.05) is 32.0 Å². The van der Waals surface area contributed by atoms with E-state index in [4.69, 9.17) is 9.15 Å². The lowest BCUT2D eigenvalue weighted by Gasteiger charge is -2.10. The van der Waals surface area contributed by atoms with E-state index < -0.39 is 0 Å². The minimum absolute atomic E-state index is 0.118. The fourth-order valence-electron chi connectivity index (χ4n) is 1.81. The Balaban J connectivity index is 1.76. The average Bonchev–Trinajstić information content (AvgIpc) is 2.98. The van der Waals surface area contributed by atoms with E-state index in [0.717, 1.165) is 5.75 Å². The molecule has 0 aliphatic heterocycles. The van der Waals surface area contributed by atoms with Crippen LogP contribution in [-0.2, 0) is 4.79 Å². The fraction of sp³-hybridized carbons (Fsp3) is 0.438. The highest BCUT2D eigenvalue weighted by atomic mass is 16.5. The quantitative estimate of drug-likeness (QED) is 0.851. The summed E-state index contributed by atoms with van der Waals surface area (Å²) in [5.41, 5.74) is 0. The van der Waals surface area contributed by atoms with Gasteiger partial charge in [0.05, 0.1) is 13.0 Å². The minimum atomic E-state index is -0.316. The van der Waals surface area contributed by atoms with Gasteiger partial charge in [-0.05, 0) is 19.1 Å². The third-order valence-corrected chi connectivity index (χ3v) is 3.04. The Kier molecular flexibility index (Phi) is 5.52. The zero-order valence-electron chi connectivity index (χ0n) is 13.1. The number of hydrogen-bond acceptors (Lipinski definition) is 5. The molecule has 2 aromatic rings. The van der Waals surface area contributed by atoms with Gasteiger partial charge in [0.25, 0.3) is 0 Å². The van der Waals surface area contributed by atoms with E-state index in [1.807, 2.05) is 51.1 Å². The molecule has 6 nitrogen and oxygen atoms in total. The number of benzene rings is 1. The standard InChI is InChI=1S/C16H21N3O3/c1-11(2)15-18-19-16(22-15)12(3)17-14(20)9-10-21-13-7-5-4-6-8-13/h4-8,11-12H,9-10H2,1-3H3,(H,17,20)/t12-/m0/s1. The topological polar surface area (TPSA) is 77.2 Å². The molecule has 0 saturated heterocycles. The van der Waals surface area contributed by atoms with Crippen molar-refractivity contribution in [3.63, 3.8) is 0 Å². The summed E-state index contributed by atoms with van der Waals surface area (Å²) in [6.45, 7) is 6.08. The van der Waals surface area contributed by atoms with E-state index in [1.165, 1.54) is 0 Å². The molecule has 0 radical (unpaired) electrons. The van der Waals surface area contributed by atoms with Gasteiger partial charge in [0, 0.05) is 5.92 Å². The van der Waals surface area contributed by atoms with Crippen LogP contribution < -0.4 is 10.1 Å². The van der Waals surface area contributed by atoms with Crippen molar-refractivity contribution < 1.29 is 13.9 Å². The van der Waals surface area contributed by atoms with Crippen molar-refractivity contribution in [3.8, 4) is 5.75 Å². The van der Waals surface area contributed by atoms with Crippen molar-refractivity contribution in [3.05, 3.63) is 42.1 Å². The lowest BCUT2D eigenvalue weighted by Crippen LogP contribution is -2.28. The van der Waals surface area contributed by atoms with E-state index in [-0.39, 0.29) is 24.3 Å². The van der Waals surface area contributed by atoms with Crippen LogP contribution in [0.4, 0.5) is 0 Å². The number of para-hydroxylation sites is 1. The third kappa shape index (κ3) is 4.58. The zero-order chi connectivity index (χ0) is 15.9. The van der Waals surface area contributed by atoms with Crippen molar-refractivity contribution >= 4 is 5.91 Å². The Morgan fingerprint density at radius 2 is 1.86 bits per heavy atom. The highest BCUT2D eigenvalue weighted by Crippen LogP contribution is 2.16. The van der Waals surface area contributed by atoms with Gasteiger partial charge >= 0.3 is 0 Å². The number of hydrogen-bond donors (Lipinski definition) is 1. The van der Waals surface area contributed by atoms with Gasteiger partial charge in [-0.3, -0.25) is 4.79 Å². The second-order valence-corrected chi connectivity index (χ2v) is 5.33. The number of nitrogens with one attached hydrogen (secondary N) is 1. The number of rotatable bonds is 7. The Morgan fingerprint density at radius 3 is 2.50 bits per heavy atom. The number of aromatic nitrogens is 2. The maximum Gasteiger partial charge on any atom is 0.238 e.